The molecule has 0 aliphatic rings. The molecule has 1 unspecified atom stereocenters. The molecule has 0 fully saturated rings. The molecule has 0 amide bonds. The molecule has 2 aromatic carbocycles. The smallest absolute Gasteiger partial charge is 0.268 e. The van der Waals surface area contributed by atoms with E-state index < -0.39 is 26.1 Å². The Kier molecular flexibility index (Phi) is 5.99. The minimum absolute atomic E-state index is 0.144. The van der Waals surface area contributed by atoms with Crippen LogP contribution >= 0.6 is 27.5 Å². The van der Waals surface area contributed by atoms with Gasteiger partial charge in [-0.2, -0.15) is 0 Å². The first-order chi connectivity index (χ1) is 13.0. The monoisotopic (exact) mass is 500 g/mol. The van der Waals surface area contributed by atoms with Crippen LogP contribution in [-0.2, 0) is 21.4 Å². The van der Waals surface area contributed by atoms with E-state index in [1.165, 1.54) is 22.3 Å². The Morgan fingerprint density at radius 1 is 1.18 bits per heavy atom. The van der Waals surface area contributed by atoms with Crippen LogP contribution in [-0.4, -0.2) is 27.9 Å². The van der Waals surface area contributed by atoms with Crippen molar-refractivity contribution in [1.29, 1.82) is 0 Å². The van der Waals surface area contributed by atoms with Crippen LogP contribution in [0.4, 0.5) is 0 Å². The standard InChI is InChI=1S/C19H18BrClN2O3S2/c1-19(2,3)27(24)22-12-14-9-13-10-17(21)16(20)11-18(13)23(14)28(25,26)15-7-5-4-6-8-15/h4-12H,1-3H3. The number of rotatable bonds is 4. The lowest BCUT2D eigenvalue weighted by Gasteiger charge is -2.17. The summed E-state index contributed by atoms with van der Waals surface area (Å²) >= 11 is 8.01. The van der Waals surface area contributed by atoms with Crippen molar-refractivity contribution >= 4 is 66.0 Å². The van der Waals surface area contributed by atoms with Crippen LogP contribution in [0, 0.1) is 0 Å². The second-order valence-corrected chi connectivity index (χ2v) is 12.1. The quantitative estimate of drug-likeness (QED) is 0.365. The molecule has 0 N–H and O–H groups in total. The Balaban J connectivity index is 2.27. The summed E-state index contributed by atoms with van der Waals surface area (Å²) in [4.78, 5) is 0.144. The van der Waals surface area contributed by atoms with Crippen LogP contribution in [0.15, 0.2) is 62.3 Å². The van der Waals surface area contributed by atoms with Gasteiger partial charge in [0.15, 0.2) is 0 Å². The third kappa shape index (κ3) is 4.16. The second kappa shape index (κ2) is 7.84. The zero-order valence-electron chi connectivity index (χ0n) is 15.4. The average Bonchev–Trinajstić information content (AvgIpc) is 2.97. The lowest BCUT2D eigenvalue weighted by atomic mass is 10.2. The van der Waals surface area contributed by atoms with Gasteiger partial charge in [0.25, 0.3) is 10.0 Å². The Bertz CT molecular complexity index is 1150. The molecule has 0 saturated heterocycles. The molecule has 0 aliphatic heterocycles. The summed E-state index contributed by atoms with van der Waals surface area (Å²) in [5.74, 6) is 0. The third-order valence-electron chi connectivity index (χ3n) is 3.91. The first kappa shape index (κ1) is 21.4. The number of nitrogens with zero attached hydrogens (tertiary/aromatic N) is 2. The van der Waals surface area contributed by atoms with Gasteiger partial charge in [0, 0.05) is 9.86 Å². The van der Waals surface area contributed by atoms with Crippen LogP contribution in [0.25, 0.3) is 10.9 Å². The maximum atomic E-state index is 13.3. The van der Waals surface area contributed by atoms with E-state index in [0.29, 0.717) is 26.1 Å². The summed E-state index contributed by atoms with van der Waals surface area (Å²) in [5, 5.41) is 1.10. The van der Waals surface area contributed by atoms with Crippen molar-refractivity contribution in [2.24, 2.45) is 4.40 Å². The highest BCUT2D eigenvalue weighted by molar-refractivity contribution is 9.10. The molecule has 0 radical (unpaired) electrons. The van der Waals surface area contributed by atoms with Gasteiger partial charge in [-0.25, -0.2) is 12.4 Å². The Hall–Kier alpha value is -1.32. The fraction of sp³-hybridized carbons (Fsp3) is 0.211. The van der Waals surface area contributed by atoms with Gasteiger partial charge < -0.3 is 4.55 Å². The molecule has 3 rings (SSSR count). The van der Waals surface area contributed by atoms with Gasteiger partial charge in [-0.15, -0.1) is 0 Å². The first-order valence-corrected chi connectivity index (χ1v) is 12.0. The molecule has 0 saturated carbocycles. The zero-order chi connectivity index (χ0) is 20.7. The molecular formula is C19H18BrClN2O3S2. The van der Waals surface area contributed by atoms with Crippen molar-refractivity contribution in [3.8, 4) is 0 Å². The van der Waals surface area contributed by atoms with E-state index in [2.05, 4.69) is 20.3 Å². The van der Waals surface area contributed by atoms with Gasteiger partial charge >= 0.3 is 0 Å². The molecule has 0 spiro atoms. The zero-order valence-corrected chi connectivity index (χ0v) is 19.4. The molecule has 28 heavy (non-hydrogen) atoms. The van der Waals surface area contributed by atoms with Crippen LogP contribution in [0.2, 0.25) is 5.02 Å². The van der Waals surface area contributed by atoms with Crippen LogP contribution in [0.1, 0.15) is 26.5 Å². The van der Waals surface area contributed by atoms with E-state index in [9.17, 15) is 13.0 Å². The molecule has 0 bridgehead atoms. The van der Waals surface area contributed by atoms with Crippen molar-refractivity contribution in [1.82, 2.24) is 3.97 Å². The summed E-state index contributed by atoms with van der Waals surface area (Å²) in [7, 11) is -3.90. The molecule has 148 valence electrons. The summed E-state index contributed by atoms with van der Waals surface area (Å²) in [5.41, 5.74) is 0.744. The van der Waals surface area contributed by atoms with Gasteiger partial charge in [0.2, 0.25) is 0 Å². The van der Waals surface area contributed by atoms with E-state index in [1.54, 1.807) is 57.2 Å². The van der Waals surface area contributed by atoms with E-state index in [-0.39, 0.29) is 4.90 Å². The van der Waals surface area contributed by atoms with E-state index in [0.717, 1.165) is 0 Å². The fourth-order valence-electron chi connectivity index (χ4n) is 2.52. The molecule has 1 atom stereocenters. The number of hydrogen-bond acceptors (Lipinski definition) is 4. The molecule has 1 heterocycles. The van der Waals surface area contributed by atoms with Crippen molar-refractivity contribution in [3.63, 3.8) is 0 Å². The van der Waals surface area contributed by atoms with Crippen molar-refractivity contribution in [2.45, 2.75) is 30.4 Å². The molecule has 0 aliphatic carbocycles. The molecular weight excluding hydrogens is 484 g/mol. The summed E-state index contributed by atoms with van der Waals surface area (Å²) in [6.07, 6.45) is 1.34. The highest BCUT2D eigenvalue weighted by atomic mass is 79.9. The minimum Gasteiger partial charge on any atom is -0.591 e. The maximum Gasteiger partial charge on any atom is 0.268 e. The van der Waals surface area contributed by atoms with E-state index >= 15 is 0 Å². The summed E-state index contributed by atoms with van der Waals surface area (Å²) in [6, 6.07) is 13.1. The highest BCUT2D eigenvalue weighted by Crippen LogP contribution is 2.32. The normalized spacial score (nSPS) is 14.1. The molecule has 5 nitrogen and oxygen atoms in total. The molecule has 1 aromatic heterocycles. The number of fused-ring (bicyclic) bond motifs is 1. The lowest BCUT2D eigenvalue weighted by molar-refractivity contribution is 0.561. The number of hydrogen-bond donors (Lipinski definition) is 0. The molecule has 9 heteroatoms. The average molecular weight is 502 g/mol. The maximum absolute atomic E-state index is 13.3. The first-order valence-electron chi connectivity index (χ1n) is 8.29. The van der Waals surface area contributed by atoms with Crippen LogP contribution in [0.3, 0.4) is 0 Å². The van der Waals surface area contributed by atoms with Gasteiger partial charge in [-0.3, -0.25) is 0 Å². The topological polar surface area (TPSA) is 74.5 Å². The fourth-order valence-corrected chi connectivity index (χ4v) is 5.05. The summed E-state index contributed by atoms with van der Waals surface area (Å²) < 4.78 is 44.3. The lowest BCUT2D eigenvalue weighted by Crippen LogP contribution is -2.26. The predicted molar refractivity (Wildman–Crippen MR) is 119 cm³/mol. The van der Waals surface area contributed by atoms with Crippen molar-refractivity contribution < 1.29 is 13.0 Å². The van der Waals surface area contributed by atoms with Gasteiger partial charge in [0.05, 0.1) is 21.1 Å². The molecule has 3 aromatic rings. The van der Waals surface area contributed by atoms with Gasteiger partial charge in [-0.05, 0) is 67.0 Å². The van der Waals surface area contributed by atoms with Crippen LogP contribution in [0.5, 0.6) is 0 Å². The van der Waals surface area contributed by atoms with Crippen LogP contribution < -0.4 is 0 Å². The third-order valence-corrected chi connectivity index (χ3v) is 8.21. The number of halogens is 2. The number of aromatic nitrogens is 1. The summed E-state index contributed by atoms with van der Waals surface area (Å²) in [6.45, 7) is 5.40. The Morgan fingerprint density at radius 3 is 2.43 bits per heavy atom. The second-order valence-electron chi connectivity index (χ2n) is 7.07. The minimum atomic E-state index is -3.90. The van der Waals surface area contributed by atoms with E-state index in [4.69, 9.17) is 11.6 Å². The largest absolute Gasteiger partial charge is 0.591 e. The Morgan fingerprint density at radius 2 is 1.82 bits per heavy atom. The SMILES string of the molecule is CC(C)(C)[S+]([O-])N=Cc1cc2cc(Cl)c(Br)cc2n1S(=O)(=O)c1ccccc1. The predicted octanol–water partition coefficient (Wildman–Crippen LogP) is 5.18. The van der Waals surface area contributed by atoms with E-state index in [1.807, 2.05) is 0 Å². The Labute approximate surface area is 180 Å². The van der Waals surface area contributed by atoms with Gasteiger partial charge in [0.1, 0.15) is 22.3 Å². The van der Waals surface area contributed by atoms with Crippen molar-refractivity contribution in [2.75, 3.05) is 0 Å². The number of benzene rings is 2. The highest BCUT2D eigenvalue weighted by Gasteiger charge is 2.27. The van der Waals surface area contributed by atoms with Crippen molar-refractivity contribution in [3.05, 3.63) is 63.7 Å². The van der Waals surface area contributed by atoms with Gasteiger partial charge in [-0.1, -0.05) is 34.2 Å².